The Morgan fingerprint density at radius 2 is 2.05 bits per heavy atom. The quantitative estimate of drug-likeness (QED) is 0.818. The summed E-state index contributed by atoms with van der Waals surface area (Å²) >= 11 is 0. The molecule has 3 N–H and O–H groups in total. The summed E-state index contributed by atoms with van der Waals surface area (Å²) in [6, 6.07) is 0. The summed E-state index contributed by atoms with van der Waals surface area (Å²) in [5.41, 5.74) is 6.63. The van der Waals surface area contributed by atoms with Gasteiger partial charge in [-0.2, -0.15) is 0 Å². The smallest absolute Gasteiger partial charge is 0.306 e. The summed E-state index contributed by atoms with van der Waals surface area (Å²) in [4.78, 5) is 23.2. The highest BCUT2D eigenvalue weighted by molar-refractivity contribution is 5.76. The molecule has 0 saturated carbocycles. The van der Waals surface area contributed by atoms with E-state index in [2.05, 4.69) is 9.97 Å². The zero-order chi connectivity index (χ0) is 14.0. The zero-order valence-electron chi connectivity index (χ0n) is 11.2. The second kappa shape index (κ2) is 5.29. The van der Waals surface area contributed by atoms with E-state index in [1.165, 1.54) is 6.33 Å². The lowest BCUT2D eigenvalue weighted by Gasteiger charge is -2.32. The zero-order valence-corrected chi connectivity index (χ0v) is 11.2. The van der Waals surface area contributed by atoms with Crippen LogP contribution in [0.5, 0.6) is 0 Å². The Morgan fingerprint density at radius 3 is 2.58 bits per heavy atom. The fourth-order valence-electron chi connectivity index (χ4n) is 2.32. The van der Waals surface area contributed by atoms with Gasteiger partial charge in [-0.25, -0.2) is 9.97 Å². The van der Waals surface area contributed by atoms with E-state index in [1.54, 1.807) is 0 Å². The normalized spacial score (nSPS) is 16.4. The van der Waals surface area contributed by atoms with Crippen LogP contribution in [0.3, 0.4) is 0 Å². The molecule has 1 aliphatic rings. The predicted molar refractivity (Wildman–Crippen MR) is 73.3 cm³/mol. The van der Waals surface area contributed by atoms with Gasteiger partial charge in [0, 0.05) is 27.2 Å². The van der Waals surface area contributed by atoms with Gasteiger partial charge in [-0.1, -0.05) is 0 Å². The molecule has 1 fully saturated rings. The van der Waals surface area contributed by atoms with Crippen molar-refractivity contribution in [3.05, 3.63) is 6.33 Å². The van der Waals surface area contributed by atoms with Crippen molar-refractivity contribution in [1.29, 1.82) is 0 Å². The minimum Gasteiger partial charge on any atom is -0.481 e. The van der Waals surface area contributed by atoms with Gasteiger partial charge in [0.25, 0.3) is 0 Å². The lowest BCUT2D eigenvalue weighted by Crippen LogP contribution is -2.37. The molecule has 0 aromatic carbocycles. The van der Waals surface area contributed by atoms with Crippen LogP contribution in [-0.2, 0) is 4.79 Å². The van der Waals surface area contributed by atoms with Gasteiger partial charge in [-0.15, -0.1) is 0 Å². The Balaban J connectivity index is 2.16. The number of carboxylic acid groups (broad SMARTS) is 1. The number of aliphatic carboxylic acids is 1. The van der Waals surface area contributed by atoms with E-state index >= 15 is 0 Å². The van der Waals surface area contributed by atoms with E-state index in [1.807, 2.05) is 23.9 Å². The van der Waals surface area contributed by atoms with Crippen molar-refractivity contribution in [2.45, 2.75) is 12.8 Å². The number of rotatable bonds is 3. The molecule has 2 rings (SSSR count). The molecule has 0 spiro atoms. The van der Waals surface area contributed by atoms with Crippen LogP contribution in [0.1, 0.15) is 12.8 Å². The van der Waals surface area contributed by atoms with Crippen LogP contribution in [0.15, 0.2) is 6.33 Å². The van der Waals surface area contributed by atoms with Crippen molar-refractivity contribution in [2.24, 2.45) is 5.92 Å². The topological polar surface area (TPSA) is 95.6 Å². The molecular formula is C12H19N5O2. The minimum absolute atomic E-state index is 0.257. The average Bonchev–Trinajstić information content (AvgIpc) is 2.38. The summed E-state index contributed by atoms with van der Waals surface area (Å²) in [7, 11) is 3.75. The molecule has 19 heavy (non-hydrogen) atoms. The standard InChI is InChI=1S/C12H19N5O2/c1-16(2)10-9(13)11(15-7-14-10)17-5-3-8(4-6-17)12(18)19/h7-8H,3-6,13H2,1-2H3,(H,18,19). The summed E-state index contributed by atoms with van der Waals surface area (Å²) in [6.45, 7) is 1.32. The Hall–Kier alpha value is -2.05. The highest BCUT2D eigenvalue weighted by Gasteiger charge is 2.26. The first-order chi connectivity index (χ1) is 9.00. The number of hydrogen-bond acceptors (Lipinski definition) is 6. The molecule has 0 radical (unpaired) electrons. The number of carboxylic acids is 1. The van der Waals surface area contributed by atoms with E-state index in [0.29, 0.717) is 43.3 Å². The Morgan fingerprint density at radius 1 is 1.42 bits per heavy atom. The van der Waals surface area contributed by atoms with Crippen molar-refractivity contribution >= 4 is 23.3 Å². The minimum atomic E-state index is -0.718. The van der Waals surface area contributed by atoms with Gasteiger partial charge >= 0.3 is 5.97 Å². The monoisotopic (exact) mass is 265 g/mol. The molecule has 104 valence electrons. The molecule has 1 aromatic heterocycles. The first-order valence-corrected chi connectivity index (χ1v) is 6.26. The van der Waals surface area contributed by atoms with Crippen LogP contribution in [0.4, 0.5) is 17.3 Å². The summed E-state index contributed by atoms with van der Waals surface area (Å²) < 4.78 is 0. The summed E-state index contributed by atoms with van der Waals surface area (Å²) in [5, 5.41) is 8.99. The molecule has 7 nitrogen and oxygen atoms in total. The van der Waals surface area contributed by atoms with E-state index in [0.717, 1.165) is 0 Å². The number of hydrogen-bond donors (Lipinski definition) is 2. The maximum atomic E-state index is 10.9. The first-order valence-electron chi connectivity index (χ1n) is 6.26. The third-order valence-electron chi connectivity index (χ3n) is 3.41. The molecule has 0 atom stereocenters. The van der Waals surface area contributed by atoms with Crippen LogP contribution >= 0.6 is 0 Å². The Labute approximate surface area is 112 Å². The number of nitrogen functional groups attached to an aromatic ring is 1. The van der Waals surface area contributed by atoms with E-state index < -0.39 is 5.97 Å². The van der Waals surface area contributed by atoms with Crippen molar-refractivity contribution in [1.82, 2.24) is 9.97 Å². The van der Waals surface area contributed by atoms with Gasteiger partial charge in [0.2, 0.25) is 0 Å². The van der Waals surface area contributed by atoms with Crippen LogP contribution < -0.4 is 15.5 Å². The summed E-state index contributed by atoms with van der Waals surface area (Å²) in [6.07, 6.45) is 2.73. The van der Waals surface area contributed by atoms with Gasteiger partial charge in [-0.3, -0.25) is 4.79 Å². The number of nitrogens with zero attached hydrogens (tertiary/aromatic N) is 4. The van der Waals surface area contributed by atoms with Gasteiger partial charge in [0.1, 0.15) is 12.0 Å². The Bertz CT molecular complexity index is 469. The van der Waals surface area contributed by atoms with Crippen LogP contribution in [0.25, 0.3) is 0 Å². The van der Waals surface area contributed by atoms with Crippen LogP contribution in [0.2, 0.25) is 0 Å². The maximum Gasteiger partial charge on any atom is 0.306 e. The number of carbonyl (C=O) groups is 1. The molecule has 1 aliphatic heterocycles. The van der Waals surface area contributed by atoms with Crippen LogP contribution in [-0.4, -0.2) is 48.2 Å². The third kappa shape index (κ3) is 2.69. The van der Waals surface area contributed by atoms with E-state index in [9.17, 15) is 4.79 Å². The van der Waals surface area contributed by atoms with Crippen molar-refractivity contribution in [3.8, 4) is 0 Å². The molecule has 0 unspecified atom stereocenters. The molecular weight excluding hydrogens is 246 g/mol. The maximum absolute atomic E-state index is 10.9. The van der Waals surface area contributed by atoms with Gasteiger partial charge < -0.3 is 20.6 Å². The van der Waals surface area contributed by atoms with Crippen LogP contribution in [0, 0.1) is 5.92 Å². The van der Waals surface area contributed by atoms with E-state index in [-0.39, 0.29) is 5.92 Å². The second-order valence-corrected chi connectivity index (χ2v) is 4.93. The number of aromatic nitrogens is 2. The van der Waals surface area contributed by atoms with E-state index in [4.69, 9.17) is 10.8 Å². The molecule has 1 aromatic rings. The molecule has 0 aliphatic carbocycles. The van der Waals surface area contributed by atoms with Crippen molar-refractivity contribution in [3.63, 3.8) is 0 Å². The Kier molecular flexibility index (Phi) is 3.73. The SMILES string of the molecule is CN(C)c1ncnc(N2CCC(C(=O)O)CC2)c1N. The first kappa shape index (κ1) is 13.4. The van der Waals surface area contributed by atoms with Crippen molar-refractivity contribution in [2.75, 3.05) is 42.7 Å². The largest absolute Gasteiger partial charge is 0.481 e. The van der Waals surface area contributed by atoms with Gasteiger partial charge in [-0.05, 0) is 12.8 Å². The number of anilines is 3. The fraction of sp³-hybridized carbons (Fsp3) is 0.583. The molecule has 2 heterocycles. The molecule has 0 amide bonds. The molecule has 0 bridgehead atoms. The highest BCUT2D eigenvalue weighted by atomic mass is 16.4. The summed E-state index contributed by atoms with van der Waals surface area (Å²) in [5.74, 6) is 0.407. The highest BCUT2D eigenvalue weighted by Crippen LogP contribution is 2.30. The third-order valence-corrected chi connectivity index (χ3v) is 3.41. The van der Waals surface area contributed by atoms with Crippen molar-refractivity contribution < 1.29 is 9.90 Å². The lowest BCUT2D eigenvalue weighted by atomic mass is 9.97. The lowest BCUT2D eigenvalue weighted by molar-refractivity contribution is -0.142. The van der Waals surface area contributed by atoms with Gasteiger partial charge in [0.05, 0.1) is 5.92 Å². The van der Waals surface area contributed by atoms with Gasteiger partial charge in [0.15, 0.2) is 11.6 Å². The fourth-order valence-corrected chi connectivity index (χ4v) is 2.32. The number of nitrogens with two attached hydrogens (primary N) is 1. The molecule has 1 saturated heterocycles. The second-order valence-electron chi connectivity index (χ2n) is 4.93. The predicted octanol–water partition coefficient (Wildman–Crippen LogP) is 0.426. The average molecular weight is 265 g/mol. The number of piperidine rings is 1. The molecule has 7 heteroatoms.